The molecule has 0 aliphatic carbocycles. The Morgan fingerprint density at radius 1 is 0.579 bits per heavy atom. The third-order valence-corrected chi connectivity index (χ3v) is 9.36. The van der Waals surface area contributed by atoms with Crippen LogP contribution in [0.2, 0.25) is 0 Å². The molecule has 16 atom stereocenters. The van der Waals surface area contributed by atoms with Gasteiger partial charge >= 0.3 is 5.97 Å². The number of nitrogens with one attached hydrogen (secondary N) is 6. The summed E-state index contributed by atoms with van der Waals surface area (Å²) in [5.74, 6) is -4.01. The van der Waals surface area contributed by atoms with Gasteiger partial charge in [-0.1, -0.05) is 0 Å². The van der Waals surface area contributed by atoms with Crippen molar-refractivity contribution in [2.24, 2.45) is 0 Å². The zero-order valence-electron chi connectivity index (χ0n) is 31.9. The third kappa shape index (κ3) is 14.9. The van der Waals surface area contributed by atoms with Crippen LogP contribution < -0.4 is 31.9 Å². The zero-order valence-corrected chi connectivity index (χ0v) is 32.7. The van der Waals surface area contributed by atoms with Crippen LogP contribution in [0.25, 0.3) is 0 Å². The number of likely N-dealkylation sites (N-methyl/N-ethyl adjacent to an activating group) is 3. The Kier molecular flexibility index (Phi) is 22.6. The summed E-state index contributed by atoms with van der Waals surface area (Å²) in [6, 6.07) is -3.78. The minimum absolute atomic E-state index is 0.160. The maximum Gasteiger partial charge on any atom is 0.327 e. The van der Waals surface area contributed by atoms with E-state index in [1.807, 2.05) is 0 Å². The first-order valence-electron chi connectivity index (χ1n) is 17.3. The average molecular weight is 849 g/mol. The monoisotopic (exact) mass is 848 g/mol. The third-order valence-electron chi connectivity index (χ3n) is 8.69. The highest BCUT2D eigenvalue weighted by molar-refractivity contribution is 7.98. The molecule has 330 valence electrons. The molecule has 0 aromatic heterocycles. The fraction of sp³-hybridized carbons (Fsp3) is 0.806. The van der Waals surface area contributed by atoms with Crippen LogP contribution >= 0.6 is 11.8 Å². The van der Waals surface area contributed by atoms with E-state index in [1.54, 1.807) is 6.26 Å². The number of rotatable bonds is 14. The first kappa shape index (κ1) is 52.0. The van der Waals surface area contributed by atoms with Gasteiger partial charge in [-0.15, -0.1) is 0 Å². The van der Waals surface area contributed by atoms with Gasteiger partial charge in [0.15, 0.2) is 36.9 Å². The second-order valence-electron chi connectivity index (χ2n) is 12.9. The van der Waals surface area contributed by atoms with E-state index < -0.39 is 128 Å². The van der Waals surface area contributed by atoms with Gasteiger partial charge in [0.25, 0.3) is 11.8 Å². The van der Waals surface area contributed by atoms with Crippen molar-refractivity contribution >= 4 is 47.0 Å². The summed E-state index contributed by atoms with van der Waals surface area (Å²) in [5, 5.41) is 110. The van der Waals surface area contributed by atoms with Crippen molar-refractivity contribution in [3.05, 3.63) is 0 Å². The largest absolute Gasteiger partial charge is 0.480 e. The van der Waals surface area contributed by atoms with Crippen molar-refractivity contribution in [1.29, 1.82) is 0 Å². The Morgan fingerprint density at radius 3 is 1.25 bits per heavy atom. The maximum absolute atomic E-state index is 12.1. The van der Waals surface area contributed by atoms with Crippen molar-refractivity contribution in [2.75, 3.05) is 46.2 Å². The zero-order chi connectivity index (χ0) is 43.9. The molecule has 0 aromatic carbocycles. The summed E-state index contributed by atoms with van der Waals surface area (Å²) in [4.78, 5) is 68.2. The standard InChI is InChI=1S/C13H23N3O8S.C10H18N2O6.C8H15NO5/c1-14-7-8(18)10(24-13(23)9(7)19)11(20)15-3-6(17)16-5(4-25-2)12(21)22;1-4(13)3-12-9(16)8-6(14)5(11-2)7(15)10(17)18-8;1-3(10)7-5(11)4(9-2)6(12)8(13)14-7/h5,7-10,13-14,18-19,23H,3-4H2,1-2H3,(H,15,20)(H,16,17)(H,21,22);5-8,10-11,14-15,17H,3H2,1-2H3,(H,12,16);4-9,11-13H,1-2H3/t5?,7-,8+,9-,10+,13?;5-,6+,7-,8+,10?;4-,5+,6-,7-,8?/m111/s1. The van der Waals surface area contributed by atoms with Gasteiger partial charge in [0.05, 0.1) is 31.2 Å². The van der Waals surface area contributed by atoms with Gasteiger partial charge in [-0.05, 0) is 41.2 Å². The predicted molar refractivity (Wildman–Crippen MR) is 193 cm³/mol. The van der Waals surface area contributed by atoms with Gasteiger partial charge < -0.3 is 97.2 Å². The molecule has 3 fully saturated rings. The Labute approximate surface area is 330 Å². The Bertz CT molecular complexity index is 1340. The van der Waals surface area contributed by atoms with E-state index in [9.17, 15) is 74.7 Å². The lowest BCUT2D eigenvalue weighted by atomic mass is 9.94. The van der Waals surface area contributed by atoms with E-state index in [1.165, 1.54) is 46.8 Å². The SMILES string of the molecule is CN[C@@H]1[C@H](O)[C@@H](C(=O)NCC(=O)NC(CSC)C(=O)O)OC(O)[C@@H]1O.CN[C@@H]1[C@H](O)[C@@H](C(=O)NCC(C)=O)OC(O)[C@@H]1O.CN[C@@H]1[C@H](O)[C@@H](C(C)=O)OC(O)[C@@H]1O. The van der Waals surface area contributed by atoms with Crippen molar-refractivity contribution < 1.29 is 94.0 Å². The van der Waals surface area contributed by atoms with E-state index >= 15 is 0 Å². The molecule has 25 nitrogen and oxygen atoms in total. The van der Waals surface area contributed by atoms with Crippen LogP contribution in [0.15, 0.2) is 0 Å². The van der Waals surface area contributed by atoms with E-state index in [2.05, 4.69) is 31.9 Å². The van der Waals surface area contributed by atoms with Gasteiger partial charge in [0, 0.05) is 5.75 Å². The molecular weight excluding hydrogens is 792 g/mol. The second kappa shape index (κ2) is 24.8. The molecule has 4 unspecified atom stereocenters. The Hall–Kier alpha value is -3.03. The lowest BCUT2D eigenvalue weighted by Crippen LogP contribution is -2.65. The normalized spacial score (nSPS) is 35.5. The van der Waals surface area contributed by atoms with Gasteiger partial charge in [-0.2, -0.15) is 11.8 Å². The van der Waals surface area contributed by atoms with Crippen molar-refractivity contribution in [2.45, 2.75) is 112 Å². The number of hydrogen-bond acceptors (Lipinski definition) is 22. The molecule has 3 rings (SSSR count). The summed E-state index contributed by atoms with van der Waals surface area (Å²) < 4.78 is 14.5. The highest BCUT2D eigenvalue weighted by Crippen LogP contribution is 2.22. The van der Waals surface area contributed by atoms with Crippen molar-refractivity contribution in [3.63, 3.8) is 0 Å². The maximum atomic E-state index is 12.1. The molecule has 0 aromatic rings. The van der Waals surface area contributed by atoms with Crippen molar-refractivity contribution in [3.8, 4) is 0 Å². The van der Waals surface area contributed by atoms with E-state index in [0.717, 1.165) is 0 Å². The summed E-state index contributed by atoms with van der Waals surface area (Å²) in [6.07, 6.45) is -15.0. The molecule has 0 spiro atoms. The molecule has 3 saturated heterocycles. The van der Waals surface area contributed by atoms with Crippen LogP contribution in [0.3, 0.4) is 0 Å². The number of aliphatic hydroxyl groups excluding tert-OH is 9. The summed E-state index contributed by atoms with van der Waals surface area (Å²) in [6.45, 7) is 1.83. The first-order valence-corrected chi connectivity index (χ1v) is 18.7. The fourth-order valence-corrected chi connectivity index (χ4v) is 6.16. The van der Waals surface area contributed by atoms with Gasteiger partial charge in [-0.25, -0.2) is 4.79 Å². The number of carboxylic acids is 1. The Balaban J connectivity index is 0.000000447. The number of thioether (sulfide) groups is 1. The molecule has 0 radical (unpaired) electrons. The van der Waals surface area contributed by atoms with E-state index in [0.29, 0.717) is 0 Å². The highest BCUT2D eigenvalue weighted by Gasteiger charge is 2.48. The first-order chi connectivity index (χ1) is 26.6. The number of carboxylic acid groups (broad SMARTS) is 1. The molecule has 0 bridgehead atoms. The number of carbonyl (C=O) groups is 6. The van der Waals surface area contributed by atoms with Gasteiger partial charge in [0.2, 0.25) is 5.91 Å². The number of aliphatic carboxylic acids is 1. The predicted octanol–water partition coefficient (Wildman–Crippen LogP) is -9.62. The molecule has 26 heteroatoms. The van der Waals surface area contributed by atoms with Crippen LogP contribution in [0, 0.1) is 0 Å². The molecule has 3 amide bonds. The summed E-state index contributed by atoms with van der Waals surface area (Å²) >= 11 is 1.24. The van der Waals surface area contributed by atoms with Crippen LogP contribution in [-0.4, -0.2) is 231 Å². The number of ether oxygens (including phenoxy) is 3. The highest BCUT2D eigenvalue weighted by atomic mass is 32.2. The minimum Gasteiger partial charge on any atom is -0.480 e. The molecular formula is C31H56N6O19S. The topological polar surface area (TPSA) is 405 Å². The molecule has 57 heavy (non-hydrogen) atoms. The molecule has 16 N–H and O–H groups in total. The van der Waals surface area contributed by atoms with Crippen LogP contribution in [0.1, 0.15) is 13.8 Å². The van der Waals surface area contributed by atoms with Crippen molar-refractivity contribution in [1.82, 2.24) is 31.9 Å². The van der Waals surface area contributed by atoms with Crippen LogP contribution in [0.4, 0.5) is 0 Å². The quantitative estimate of drug-likeness (QED) is 0.0771. The van der Waals surface area contributed by atoms with Gasteiger partial charge in [0.1, 0.15) is 54.6 Å². The molecule has 3 aliphatic heterocycles. The molecule has 3 aliphatic rings. The summed E-state index contributed by atoms with van der Waals surface area (Å²) in [7, 11) is 4.42. The smallest absolute Gasteiger partial charge is 0.327 e. The van der Waals surface area contributed by atoms with E-state index in [4.69, 9.17) is 19.3 Å². The average Bonchev–Trinajstić information content (AvgIpc) is 3.15. The van der Waals surface area contributed by atoms with Gasteiger partial charge in [-0.3, -0.25) is 24.0 Å². The Morgan fingerprint density at radius 2 is 0.930 bits per heavy atom. The molecule has 3 heterocycles. The minimum atomic E-state index is -1.69. The number of hydrogen-bond donors (Lipinski definition) is 16. The number of carbonyl (C=O) groups excluding carboxylic acids is 5. The number of amides is 3. The lowest BCUT2D eigenvalue weighted by Gasteiger charge is -2.39. The lowest BCUT2D eigenvalue weighted by molar-refractivity contribution is -0.251. The second-order valence-corrected chi connectivity index (χ2v) is 13.8. The fourth-order valence-electron chi connectivity index (χ4n) is 5.60. The molecule has 0 saturated carbocycles. The number of ketones is 2. The van der Waals surface area contributed by atoms with Crippen LogP contribution in [0.5, 0.6) is 0 Å². The number of aliphatic hydroxyl groups is 9. The van der Waals surface area contributed by atoms with Crippen LogP contribution in [-0.2, 0) is 43.0 Å². The van der Waals surface area contributed by atoms with E-state index in [-0.39, 0.29) is 23.9 Å². The number of Topliss-reactive ketones (excluding diaryl/α,β-unsaturated/α-hetero) is 2. The summed E-state index contributed by atoms with van der Waals surface area (Å²) in [5.41, 5.74) is 0.